The summed E-state index contributed by atoms with van der Waals surface area (Å²) >= 11 is 0. The van der Waals surface area contributed by atoms with Crippen molar-refractivity contribution in [1.82, 2.24) is 36.8 Å². The van der Waals surface area contributed by atoms with Gasteiger partial charge >= 0.3 is 0 Å². The Bertz CT molecular complexity index is 2060. The summed E-state index contributed by atoms with van der Waals surface area (Å²) in [6.07, 6.45) is 3.10. The minimum atomic E-state index is -0.934. The average Bonchev–Trinajstić information content (AvgIpc) is 3.65. The van der Waals surface area contributed by atoms with E-state index in [4.69, 9.17) is 5.73 Å². The number of nitrogens with two attached hydrogens (primary N) is 1. The summed E-state index contributed by atoms with van der Waals surface area (Å²) in [5, 5.41) is 19.3. The third kappa shape index (κ3) is 11.3. The Morgan fingerprint density at radius 1 is 0.833 bits per heavy atom. The zero-order valence-corrected chi connectivity index (χ0v) is 36.3. The Balaban J connectivity index is 1.28. The van der Waals surface area contributed by atoms with E-state index >= 15 is 0 Å². The molecule has 0 aromatic heterocycles. The van der Waals surface area contributed by atoms with Gasteiger partial charge in [0, 0.05) is 36.3 Å². The van der Waals surface area contributed by atoms with E-state index < -0.39 is 41.5 Å². The van der Waals surface area contributed by atoms with E-state index in [1.165, 1.54) is 10.5 Å². The molecule has 8 N–H and O–H groups in total. The number of nitrogens with zero attached hydrogens (tertiary/aromatic N) is 1. The molecular weight excluding hydrogens is 761 g/mol. The van der Waals surface area contributed by atoms with Gasteiger partial charge in [-0.05, 0) is 110 Å². The standard InChI is InChI=1S/C46H64N8O6/c1-26(2)27(3)50-43(58)36(47)20-21-49-41(56)32-18-16-31-23-33(19-17-30(31)22-32)42(57)51-34-24-38(44(59)52-37-15-11-13-29-12-9-10-14-35(29)37)54(25-34)45(60)39(46(5,6)7)53-40(55)28(4)48-8/h9-10,12,14,16-19,22-23,26-28,34,36-39,48H,11,13,15,20-21,24-25,47H2,1-8H3,(H,49,56)(H,50,58)(H,51,57)(H,52,59)(H,53,55)/t27-,28+,34+,36+,37-,38+,39-/m1/s1. The topological polar surface area (TPSA) is 204 Å². The van der Waals surface area contributed by atoms with E-state index in [0.29, 0.717) is 11.1 Å². The number of fused-ring (bicyclic) bond motifs is 2. The molecule has 0 spiro atoms. The monoisotopic (exact) mass is 824 g/mol. The van der Waals surface area contributed by atoms with Gasteiger partial charge in [-0.3, -0.25) is 28.8 Å². The number of carbonyl (C=O) groups excluding carboxylic acids is 6. The maximum absolute atomic E-state index is 14.5. The number of amides is 6. The molecule has 0 radical (unpaired) electrons. The van der Waals surface area contributed by atoms with Gasteiger partial charge in [-0.15, -0.1) is 0 Å². The van der Waals surface area contributed by atoms with E-state index in [-0.39, 0.29) is 73.5 Å². The molecule has 0 saturated carbocycles. The van der Waals surface area contributed by atoms with Crippen LogP contribution in [0.15, 0.2) is 60.7 Å². The SMILES string of the molecule is CN[C@@H](C)C(=O)N[C@H](C(=O)N1C[C@@H](NC(=O)c2ccc3cc(C(=O)NCC[C@H](N)C(=O)N[C@H](C)C(C)C)ccc3c2)C[C@H]1C(=O)N[C@@H]1CCCc2ccccc21)C(C)(C)C. The van der Waals surface area contributed by atoms with Crippen molar-refractivity contribution in [3.8, 4) is 0 Å². The lowest BCUT2D eigenvalue weighted by Gasteiger charge is -2.36. The molecular formula is C46H64N8O6. The summed E-state index contributed by atoms with van der Waals surface area (Å²) < 4.78 is 0. The van der Waals surface area contributed by atoms with Crippen molar-refractivity contribution in [2.75, 3.05) is 20.1 Å². The largest absolute Gasteiger partial charge is 0.352 e. The number of likely N-dealkylation sites (N-methyl/N-ethyl adjacent to an activating group) is 1. The van der Waals surface area contributed by atoms with E-state index in [1.54, 1.807) is 50.4 Å². The van der Waals surface area contributed by atoms with Crippen molar-refractivity contribution in [3.05, 3.63) is 82.9 Å². The Morgan fingerprint density at radius 3 is 2.12 bits per heavy atom. The second-order valence-electron chi connectivity index (χ2n) is 17.9. The predicted octanol–water partition coefficient (Wildman–Crippen LogP) is 3.48. The molecule has 1 fully saturated rings. The van der Waals surface area contributed by atoms with Crippen molar-refractivity contribution >= 4 is 46.2 Å². The van der Waals surface area contributed by atoms with Gasteiger partial charge in [0.15, 0.2) is 0 Å². The summed E-state index contributed by atoms with van der Waals surface area (Å²) in [7, 11) is 1.67. The highest BCUT2D eigenvalue weighted by Crippen LogP contribution is 2.31. The highest BCUT2D eigenvalue weighted by Gasteiger charge is 2.46. The summed E-state index contributed by atoms with van der Waals surface area (Å²) in [4.78, 5) is 82.5. The number of carbonyl (C=O) groups is 6. The minimum absolute atomic E-state index is 0.0114. The molecule has 14 nitrogen and oxygen atoms in total. The number of aryl methyl sites for hydroxylation is 1. The van der Waals surface area contributed by atoms with E-state index in [1.807, 2.05) is 59.7 Å². The van der Waals surface area contributed by atoms with Crippen LogP contribution in [0.5, 0.6) is 0 Å². The van der Waals surface area contributed by atoms with Gasteiger partial charge in [0.25, 0.3) is 11.8 Å². The number of benzene rings is 3. The minimum Gasteiger partial charge on any atom is -0.352 e. The molecule has 3 aromatic rings. The van der Waals surface area contributed by atoms with Crippen LogP contribution in [0.1, 0.15) is 112 Å². The smallest absolute Gasteiger partial charge is 0.251 e. The molecule has 5 rings (SSSR count). The van der Waals surface area contributed by atoms with Crippen molar-refractivity contribution in [1.29, 1.82) is 0 Å². The Kier molecular flexibility index (Phi) is 15.1. The highest BCUT2D eigenvalue weighted by atomic mass is 16.2. The van der Waals surface area contributed by atoms with Gasteiger partial charge < -0.3 is 42.5 Å². The number of nitrogens with one attached hydrogen (secondary N) is 6. The fourth-order valence-electron chi connectivity index (χ4n) is 7.69. The summed E-state index contributed by atoms with van der Waals surface area (Å²) in [5.74, 6) is -1.69. The number of likely N-dealkylation sites (tertiary alicyclic amines) is 1. The fourth-order valence-corrected chi connectivity index (χ4v) is 7.69. The molecule has 1 saturated heterocycles. The van der Waals surface area contributed by atoms with Crippen molar-refractivity contribution in [2.24, 2.45) is 17.1 Å². The zero-order valence-electron chi connectivity index (χ0n) is 36.3. The van der Waals surface area contributed by atoms with E-state index in [2.05, 4.69) is 38.0 Å². The third-order valence-electron chi connectivity index (χ3n) is 11.9. The molecule has 0 unspecified atom stereocenters. The third-order valence-corrected chi connectivity index (χ3v) is 11.9. The average molecular weight is 825 g/mol. The van der Waals surface area contributed by atoms with Gasteiger partial charge in [0.05, 0.1) is 18.1 Å². The Morgan fingerprint density at radius 2 is 1.48 bits per heavy atom. The maximum atomic E-state index is 14.5. The van der Waals surface area contributed by atoms with Gasteiger partial charge in [0.1, 0.15) is 12.1 Å². The van der Waals surface area contributed by atoms with Crippen LogP contribution >= 0.6 is 0 Å². The second-order valence-corrected chi connectivity index (χ2v) is 17.9. The molecule has 324 valence electrons. The van der Waals surface area contributed by atoms with Crippen LogP contribution < -0.4 is 37.6 Å². The van der Waals surface area contributed by atoms with Crippen LogP contribution in [0, 0.1) is 11.3 Å². The first-order valence-electron chi connectivity index (χ1n) is 21.2. The van der Waals surface area contributed by atoms with Crippen LogP contribution in [-0.2, 0) is 25.6 Å². The number of hydrogen-bond acceptors (Lipinski definition) is 8. The van der Waals surface area contributed by atoms with Crippen LogP contribution in [0.25, 0.3) is 10.8 Å². The molecule has 1 aliphatic carbocycles. The first kappa shape index (κ1) is 45.7. The Hall–Kier alpha value is -5.34. The molecule has 60 heavy (non-hydrogen) atoms. The quantitative estimate of drug-likeness (QED) is 0.121. The summed E-state index contributed by atoms with van der Waals surface area (Å²) in [6, 6.07) is 14.5. The van der Waals surface area contributed by atoms with Crippen LogP contribution in [0.4, 0.5) is 0 Å². The van der Waals surface area contributed by atoms with E-state index in [9.17, 15) is 28.8 Å². The van der Waals surface area contributed by atoms with Crippen LogP contribution in [-0.4, -0.2) is 96.7 Å². The molecule has 1 aliphatic heterocycles. The fraction of sp³-hybridized carbons (Fsp3) is 0.522. The Labute approximate surface area is 353 Å². The predicted molar refractivity (Wildman–Crippen MR) is 233 cm³/mol. The zero-order chi connectivity index (χ0) is 43.9. The van der Waals surface area contributed by atoms with Crippen molar-refractivity contribution < 1.29 is 28.8 Å². The van der Waals surface area contributed by atoms with Gasteiger partial charge in [-0.2, -0.15) is 0 Å². The lowest BCUT2D eigenvalue weighted by molar-refractivity contribution is -0.144. The number of rotatable bonds is 15. The highest BCUT2D eigenvalue weighted by molar-refractivity contribution is 6.02. The molecule has 0 bridgehead atoms. The van der Waals surface area contributed by atoms with Crippen molar-refractivity contribution in [3.63, 3.8) is 0 Å². The molecule has 3 aromatic carbocycles. The van der Waals surface area contributed by atoms with Gasteiger partial charge in [-0.25, -0.2) is 0 Å². The molecule has 6 amide bonds. The first-order valence-corrected chi connectivity index (χ1v) is 21.2. The molecule has 2 aliphatic rings. The van der Waals surface area contributed by atoms with Gasteiger partial charge in [0.2, 0.25) is 23.6 Å². The lowest BCUT2D eigenvalue weighted by atomic mass is 9.85. The summed E-state index contributed by atoms with van der Waals surface area (Å²) in [6.45, 7) is 13.6. The second kappa shape index (κ2) is 19.8. The van der Waals surface area contributed by atoms with Gasteiger partial charge in [-0.1, -0.05) is 71.0 Å². The molecule has 14 heteroatoms. The first-order chi connectivity index (χ1) is 28.4. The van der Waals surface area contributed by atoms with Crippen molar-refractivity contribution in [2.45, 2.75) is 123 Å². The molecule has 7 atom stereocenters. The lowest BCUT2D eigenvalue weighted by Crippen LogP contribution is -2.59. The van der Waals surface area contributed by atoms with Crippen LogP contribution in [0.2, 0.25) is 0 Å². The van der Waals surface area contributed by atoms with E-state index in [0.717, 1.165) is 35.6 Å². The molecule has 1 heterocycles. The summed E-state index contributed by atoms with van der Waals surface area (Å²) in [5.41, 5.74) is 8.43. The van der Waals surface area contributed by atoms with Crippen LogP contribution in [0.3, 0.4) is 0 Å². The normalized spacial score (nSPS) is 19.7. The number of hydrogen-bond donors (Lipinski definition) is 7. The maximum Gasteiger partial charge on any atom is 0.251 e.